The first kappa shape index (κ1) is 13.2. The van der Waals surface area contributed by atoms with Crippen LogP contribution in [0.3, 0.4) is 0 Å². The van der Waals surface area contributed by atoms with Crippen molar-refractivity contribution in [2.24, 2.45) is 0 Å². The molecule has 0 radical (unpaired) electrons. The molecule has 0 saturated heterocycles. The SMILES string of the molecule is Nc1cn(-c2ccccc2F)nc1-c1c(F)cccc1F. The van der Waals surface area contributed by atoms with Crippen molar-refractivity contribution in [3.8, 4) is 16.9 Å². The summed E-state index contributed by atoms with van der Waals surface area (Å²) >= 11 is 0. The standard InChI is InChI=1S/C15H10F3N3/c16-9-4-1-2-7-13(9)21-8-12(19)15(20-21)14-10(17)5-3-6-11(14)18/h1-8H,19H2. The van der Waals surface area contributed by atoms with Crippen molar-refractivity contribution < 1.29 is 13.2 Å². The quantitative estimate of drug-likeness (QED) is 0.784. The van der Waals surface area contributed by atoms with Crippen LogP contribution in [0, 0.1) is 17.5 Å². The van der Waals surface area contributed by atoms with E-state index in [1.54, 1.807) is 6.07 Å². The van der Waals surface area contributed by atoms with Gasteiger partial charge in [-0.3, -0.25) is 0 Å². The highest BCUT2D eigenvalue weighted by Crippen LogP contribution is 2.30. The van der Waals surface area contributed by atoms with Gasteiger partial charge in [0, 0.05) is 0 Å². The second-order valence-electron chi connectivity index (χ2n) is 4.43. The van der Waals surface area contributed by atoms with Crippen molar-refractivity contribution >= 4 is 5.69 Å². The number of rotatable bonds is 2. The summed E-state index contributed by atoms with van der Waals surface area (Å²) in [7, 11) is 0. The summed E-state index contributed by atoms with van der Waals surface area (Å²) in [6.07, 6.45) is 1.32. The number of para-hydroxylation sites is 1. The fraction of sp³-hybridized carbons (Fsp3) is 0. The van der Waals surface area contributed by atoms with Crippen molar-refractivity contribution in [3.05, 3.63) is 66.1 Å². The molecule has 0 saturated carbocycles. The molecule has 3 aromatic rings. The summed E-state index contributed by atoms with van der Waals surface area (Å²) < 4.78 is 42.5. The molecule has 0 aliphatic rings. The Morgan fingerprint density at radius 1 is 0.857 bits per heavy atom. The summed E-state index contributed by atoms with van der Waals surface area (Å²) in [5.41, 5.74) is 5.57. The van der Waals surface area contributed by atoms with E-state index in [4.69, 9.17) is 5.73 Å². The Balaban J connectivity index is 2.18. The number of nitrogen functional groups attached to an aromatic ring is 1. The van der Waals surface area contributed by atoms with Gasteiger partial charge in [-0.2, -0.15) is 5.10 Å². The third-order valence-electron chi connectivity index (χ3n) is 3.04. The van der Waals surface area contributed by atoms with E-state index in [2.05, 4.69) is 5.10 Å². The molecule has 2 aromatic carbocycles. The van der Waals surface area contributed by atoms with E-state index in [1.165, 1.54) is 30.5 Å². The third kappa shape index (κ3) is 2.24. The minimum Gasteiger partial charge on any atom is -0.396 e. The summed E-state index contributed by atoms with van der Waals surface area (Å²) in [4.78, 5) is 0. The highest BCUT2D eigenvalue weighted by molar-refractivity contribution is 5.73. The molecule has 0 aliphatic heterocycles. The fourth-order valence-corrected chi connectivity index (χ4v) is 2.07. The van der Waals surface area contributed by atoms with Gasteiger partial charge in [-0.25, -0.2) is 17.9 Å². The molecule has 0 bridgehead atoms. The maximum atomic E-state index is 13.8. The molecule has 3 nitrogen and oxygen atoms in total. The van der Waals surface area contributed by atoms with Crippen LogP contribution >= 0.6 is 0 Å². The first-order chi connectivity index (χ1) is 10.1. The molecular formula is C15H10F3N3. The lowest BCUT2D eigenvalue weighted by Crippen LogP contribution is -1.99. The number of hydrogen-bond donors (Lipinski definition) is 1. The zero-order valence-electron chi connectivity index (χ0n) is 10.7. The van der Waals surface area contributed by atoms with Gasteiger partial charge in [0.25, 0.3) is 0 Å². The van der Waals surface area contributed by atoms with Gasteiger partial charge in [0.2, 0.25) is 0 Å². The van der Waals surface area contributed by atoms with E-state index >= 15 is 0 Å². The van der Waals surface area contributed by atoms with Crippen LogP contribution in [-0.2, 0) is 0 Å². The zero-order valence-corrected chi connectivity index (χ0v) is 10.7. The second-order valence-corrected chi connectivity index (χ2v) is 4.43. The van der Waals surface area contributed by atoms with Crippen molar-refractivity contribution in [1.29, 1.82) is 0 Å². The highest BCUT2D eigenvalue weighted by Gasteiger charge is 2.18. The normalized spacial score (nSPS) is 10.8. The number of nitrogens with two attached hydrogens (primary N) is 1. The van der Waals surface area contributed by atoms with E-state index in [9.17, 15) is 13.2 Å². The molecule has 2 N–H and O–H groups in total. The van der Waals surface area contributed by atoms with Crippen LogP contribution in [0.15, 0.2) is 48.7 Å². The Morgan fingerprint density at radius 3 is 2.14 bits per heavy atom. The summed E-state index contributed by atoms with van der Waals surface area (Å²) in [6, 6.07) is 9.38. The molecule has 0 aliphatic carbocycles. The molecule has 0 spiro atoms. The molecule has 106 valence electrons. The molecule has 1 heterocycles. The Kier molecular flexibility index (Phi) is 3.13. The summed E-state index contributed by atoms with van der Waals surface area (Å²) in [5, 5.41) is 4.00. The van der Waals surface area contributed by atoms with Crippen molar-refractivity contribution in [1.82, 2.24) is 9.78 Å². The predicted octanol–water partition coefficient (Wildman–Crippen LogP) is 3.54. The van der Waals surface area contributed by atoms with Gasteiger partial charge in [-0.05, 0) is 24.3 Å². The number of anilines is 1. The summed E-state index contributed by atoms with van der Waals surface area (Å²) in [5.74, 6) is -2.07. The maximum Gasteiger partial charge on any atom is 0.148 e. The fourth-order valence-electron chi connectivity index (χ4n) is 2.07. The van der Waals surface area contributed by atoms with Crippen molar-refractivity contribution in [2.75, 3.05) is 5.73 Å². The smallest absolute Gasteiger partial charge is 0.148 e. The minimum atomic E-state index is -0.777. The molecule has 6 heteroatoms. The van der Waals surface area contributed by atoms with E-state index in [-0.39, 0.29) is 22.6 Å². The largest absolute Gasteiger partial charge is 0.396 e. The number of nitrogens with zero attached hydrogens (tertiary/aromatic N) is 2. The first-order valence-electron chi connectivity index (χ1n) is 6.12. The number of aromatic nitrogens is 2. The molecule has 21 heavy (non-hydrogen) atoms. The van der Waals surface area contributed by atoms with Gasteiger partial charge < -0.3 is 5.73 Å². The van der Waals surface area contributed by atoms with Gasteiger partial charge in [0.15, 0.2) is 0 Å². The topological polar surface area (TPSA) is 43.8 Å². The van der Waals surface area contributed by atoms with Crippen LogP contribution < -0.4 is 5.73 Å². The summed E-state index contributed by atoms with van der Waals surface area (Å²) in [6.45, 7) is 0. The average molecular weight is 289 g/mol. The Bertz CT molecular complexity index is 791. The van der Waals surface area contributed by atoms with Crippen LogP contribution in [0.1, 0.15) is 0 Å². The monoisotopic (exact) mass is 289 g/mol. The van der Waals surface area contributed by atoms with E-state index in [1.807, 2.05) is 0 Å². The van der Waals surface area contributed by atoms with Crippen LogP contribution in [0.2, 0.25) is 0 Å². The maximum absolute atomic E-state index is 13.8. The number of halogens is 3. The van der Waals surface area contributed by atoms with Crippen molar-refractivity contribution in [2.45, 2.75) is 0 Å². The lowest BCUT2D eigenvalue weighted by atomic mass is 10.1. The molecule has 0 amide bonds. The molecule has 0 atom stereocenters. The van der Waals surface area contributed by atoms with Crippen molar-refractivity contribution in [3.63, 3.8) is 0 Å². The first-order valence-corrected chi connectivity index (χ1v) is 6.12. The molecule has 0 fully saturated rings. The van der Waals surface area contributed by atoms with Gasteiger partial charge in [0.1, 0.15) is 28.8 Å². The van der Waals surface area contributed by atoms with E-state index in [0.29, 0.717) is 0 Å². The van der Waals surface area contributed by atoms with E-state index < -0.39 is 17.5 Å². The molecule has 3 rings (SSSR count). The molecule has 0 unspecified atom stereocenters. The second kappa shape index (κ2) is 4.97. The van der Waals surface area contributed by atoms with Gasteiger partial charge in [0.05, 0.1) is 17.4 Å². The number of benzene rings is 2. The lowest BCUT2D eigenvalue weighted by Gasteiger charge is -2.03. The van der Waals surface area contributed by atoms with Crippen LogP contribution in [0.4, 0.5) is 18.9 Å². The third-order valence-corrected chi connectivity index (χ3v) is 3.04. The highest BCUT2D eigenvalue weighted by atomic mass is 19.1. The van der Waals surface area contributed by atoms with Gasteiger partial charge in [-0.15, -0.1) is 0 Å². The Morgan fingerprint density at radius 2 is 1.48 bits per heavy atom. The Hall–Kier alpha value is -2.76. The van der Waals surface area contributed by atoms with Crippen LogP contribution in [-0.4, -0.2) is 9.78 Å². The Labute approximate surface area is 118 Å². The number of hydrogen-bond acceptors (Lipinski definition) is 2. The molecular weight excluding hydrogens is 279 g/mol. The van der Waals surface area contributed by atoms with Crippen LogP contribution in [0.5, 0.6) is 0 Å². The molecule has 1 aromatic heterocycles. The minimum absolute atomic E-state index is 0.0576. The lowest BCUT2D eigenvalue weighted by molar-refractivity contribution is 0.587. The average Bonchev–Trinajstić information content (AvgIpc) is 2.81. The van der Waals surface area contributed by atoms with E-state index in [0.717, 1.165) is 16.8 Å². The van der Waals surface area contributed by atoms with Gasteiger partial charge in [-0.1, -0.05) is 18.2 Å². The predicted molar refractivity (Wildman–Crippen MR) is 73.3 cm³/mol. The van der Waals surface area contributed by atoms with Gasteiger partial charge >= 0.3 is 0 Å². The zero-order chi connectivity index (χ0) is 15.0. The van der Waals surface area contributed by atoms with Crippen LogP contribution in [0.25, 0.3) is 16.9 Å².